The molecule has 5 nitrogen and oxygen atoms in total. The molecule has 4 aliphatic rings. The van der Waals surface area contributed by atoms with Crippen LogP contribution in [0.3, 0.4) is 0 Å². The highest BCUT2D eigenvalue weighted by Crippen LogP contribution is 2.68. The fourth-order valence-corrected chi connectivity index (χ4v) is 9.92. The summed E-state index contributed by atoms with van der Waals surface area (Å²) in [6.45, 7) is 7.27. The van der Waals surface area contributed by atoms with E-state index in [0.717, 1.165) is 32.1 Å². The van der Waals surface area contributed by atoms with Crippen LogP contribution in [0.1, 0.15) is 84.4 Å². The number of nitrogens with zero attached hydrogens (tertiary/aromatic N) is 1. The second-order valence-corrected chi connectivity index (χ2v) is 13.5. The lowest BCUT2D eigenvalue weighted by Gasteiger charge is -2.62. The van der Waals surface area contributed by atoms with Gasteiger partial charge in [-0.1, -0.05) is 20.8 Å². The Balaban J connectivity index is 1.18. The number of aryl methyl sites for hydroxylation is 1. The first kappa shape index (κ1) is 25.5. The normalized spacial score (nSPS) is 42.2. The number of aliphatic hydroxyl groups excluding tert-OH is 2. The smallest absolute Gasteiger partial charge is 0.346 e. The van der Waals surface area contributed by atoms with Crippen molar-refractivity contribution in [2.75, 3.05) is 0 Å². The van der Waals surface area contributed by atoms with E-state index >= 15 is 0 Å². The molecule has 4 fully saturated rings. The Labute approximate surface area is 218 Å². The predicted octanol–water partition coefficient (Wildman–Crippen LogP) is 5.89. The van der Waals surface area contributed by atoms with Crippen molar-refractivity contribution >= 4 is 10.9 Å². The number of aromatic nitrogens is 1. The van der Waals surface area contributed by atoms with Gasteiger partial charge in [0, 0.05) is 6.42 Å². The molecule has 1 unspecified atom stereocenters. The third kappa shape index (κ3) is 4.09. The summed E-state index contributed by atoms with van der Waals surface area (Å²) in [6.07, 6.45) is 9.48. The summed E-state index contributed by atoms with van der Waals surface area (Å²) in [5.41, 5.74) is 0.427. The highest BCUT2D eigenvalue weighted by Gasteiger charge is 2.62. The molecule has 4 saturated carbocycles. The zero-order valence-electron chi connectivity index (χ0n) is 22.5. The summed E-state index contributed by atoms with van der Waals surface area (Å²) in [5.74, 6) is 2.91. The fourth-order valence-electron chi connectivity index (χ4n) is 9.92. The van der Waals surface area contributed by atoms with Gasteiger partial charge in [-0.3, -0.25) is 0 Å². The molecule has 0 saturated heterocycles. The van der Waals surface area contributed by atoms with Crippen LogP contribution >= 0.6 is 0 Å². The van der Waals surface area contributed by atoms with E-state index < -0.39 is 11.4 Å². The first-order valence-corrected chi connectivity index (χ1v) is 14.6. The van der Waals surface area contributed by atoms with Crippen LogP contribution in [0, 0.1) is 52.2 Å². The van der Waals surface area contributed by atoms with Gasteiger partial charge in [0.05, 0.1) is 23.1 Å². The molecule has 0 aliphatic heterocycles. The van der Waals surface area contributed by atoms with Gasteiger partial charge < -0.3 is 14.6 Å². The number of rotatable bonds is 4. The molecule has 0 amide bonds. The van der Waals surface area contributed by atoms with Gasteiger partial charge >= 0.3 is 5.63 Å². The SMILES string of the molecule is C[C@H](CCc1nc2ccc(F)cc2c(=O)o1)[C@H]1CC[C@H]2[C@H]3C(CC[C@]12C)[C@@]1(C)CC[C@@H](O)C[C@H]1C[C@H]3O. The van der Waals surface area contributed by atoms with E-state index in [4.69, 9.17) is 4.42 Å². The largest absolute Gasteiger partial charge is 0.408 e. The molecule has 1 aromatic heterocycles. The van der Waals surface area contributed by atoms with Crippen molar-refractivity contribution in [3.05, 3.63) is 40.3 Å². The van der Waals surface area contributed by atoms with Crippen LogP contribution in [0.15, 0.2) is 27.4 Å². The average molecular weight is 512 g/mol. The molecule has 0 bridgehead atoms. The summed E-state index contributed by atoms with van der Waals surface area (Å²) in [5, 5.41) is 22.0. The molecule has 4 aliphatic carbocycles. The van der Waals surface area contributed by atoms with E-state index in [1.165, 1.54) is 37.8 Å². The molecule has 37 heavy (non-hydrogen) atoms. The second kappa shape index (κ2) is 9.15. The third-order valence-corrected chi connectivity index (χ3v) is 11.9. The number of halogens is 1. The average Bonchev–Trinajstić information content (AvgIpc) is 3.21. The van der Waals surface area contributed by atoms with Gasteiger partial charge in [-0.15, -0.1) is 0 Å². The summed E-state index contributed by atoms with van der Waals surface area (Å²) in [4.78, 5) is 16.9. The van der Waals surface area contributed by atoms with Crippen molar-refractivity contribution in [2.24, 2.45) is 46.3 Å². The highest BCUT2D eigenvalue weighted by molar-refractivity contribution is 5.76. The summed E-state index contributed by atoms with van der Waals surface area (Å²) in [6, 6.07) is 4.06. The van der Waals surface area contributed by atoms with Crippen LogP contribution in [0.5, 0.6) is 0 Å². The van der Waals surface area contributed by atoms with Crippen LogP contribution < -0.4 is 5.63 Å². The molecule has 0 radical (unpaired) electrons. The molecule has 2 N–H and O–H groups in total. The monoisotopic (exact) mass is 511 g/mol. The van der Waals surface area contributed by atoms with Crippen molar-refractivity contribution in [1.82, 2.24) is 4.98 Å². The molecule has 10 atom stereocenters. The van der Waals surface area contributed by atoms with Crippen LogP contribution in [-0.4, -0.2) is 27.4 Å². The number of aliphatic hydroxyl groups is 2. The fraction of sp³-hybridized carbons (Fsp3) is 0.742. The van der Waals surface area contributed by atoms with Crippen LogP contribution in [-0.2, 0) is 6.42 Å². The predicted molar refractivity (Wildman–Crippen MR) is 140 cm³/mol. The molecule has 1 heterocycles. The van der Waals surface area contributed by atoms with Crippen molar-refractivity contribution < 1.29 is 19.0 Å². The number of fused-ring (bicyclic) bond motifs is 6. The topological polar surface area (TPSA) is 83.6 Å². The van der Waals surface area contributed by atoms with E-state index in [-0.39, 0.29) is 28.4 Å². The van der Waals surface area contributed by atoms with Crippen molar-refractivity contribution in [3.8, 4) is 0 Å². The standard InChI is InChI=1S/C31H42FNO4/c1-17(4-9-27-33-25-8-5-19(32)16-21(25)29(36)37-27)22-6-7-23-28-24(11-13-31(22,23)3)30(2)12-10-20(34)14-18(30)15-26(28)35/h5,8,16-18,20,22-24,26,28,34-35H,4,6-7,9-15H2,1-3H3/t17-,18+,20-,22-,23+,24?,26-,28+,30+,31-/m1/s1. The lowest BCUT2D eigenvalue weighted by atomic mass is 9.43. The molecule has 1 aromatic carbocycles. The lowest BCUT2D eigenvalue weighted by Crippen LogP contribution is -2.58. The molecule has 2 aromatic rings. The minimum atomic E-state index is -0.522. The Morgan fingerprint density at radius 2 is 1.84 bits per heavy atom. The maximum absolute atomic E-state index is 13.5. The lowest BCUT2D eigenvalue weighted by molar-refractivity contribution is -0.174. The van der Waals surface area contributed by atoms with Gasteiger partial charge in [0.2, 0.25) is 0 Å². The van der Waals surface area contributed by atoms with Gasteiger partial charge in [-0.2, -0.15) is 0 Å². The highest BCUT2D eigenvalue weighted by atomic mass is 19.1. The minimum absolute atomic E-state index is 0.189. The van der Waals surface area contributed by atoms with Crippen molar-refractivity contribution in [2.45, 2.75) is 97.2 Å². The molecular weight excluding hydrogens is 469 g/mol. The molecule has 6 rings (SSSR count). The van der Waals surface area contributed by atoms with E-state index in [0.29, 0.717) is 53.3 Å². The Morgan fingerprint density at radius 1 is 1.08 bits per heavy atom. The van der Waals surface area contributed by atoms with Gasteiger partial charge in [-0.05, 0) is 122 Å². The first-order chi connectivity index (χ1) is 17.6. The zero-order chi connectivity index (χ0) is 26.1. The number of benzene rings is 1. The van der Waals surface area contributed by atoms with E-state index in [1.54, 1.807) is 6.07 Å². The molecule has 0 spiro atoms. The quantitative estimate of drug-likeness (QED) is 0.535. The Bertz CT molecular complexity index is 1230. The first-order valence-electron chi connectivity index (χ1n) is 14.6. The number of hydrogen-bond donors (Lipinski definition) is 2. The molecule has 202 valence electrons. The summed E-state index contributed by atoms with van der Waals surface area (Å²) < 4.78 is 19.0. The number of hydrogen-bond acceptors (Lipinski definition) is 5. The minimum Gasteiger partial charge on any atom is -0.408 e. The van der Waals surface area contributed by atoms with Crippen LogP contribution in [0.2, 0.25) is 0 Å². The Kier molecular flexibility index (Phi) is 6.30. The van der Waals surface area contributed by atoms with Crippen LogP contribution in [0.25, 0.3) is 10.9 Å². The maximum atomic E-state index is 13.5. The summed E-state index contributed by atoms with van der Waals surface area (Å²) >= 11 is 0. The summed E-state index contributed by atoms with van der Waals surface area (Å²) in [7, 11) is 0. The van der Waals surface area contributed by atoms with Crippen molar-refractivity contribution in [3.63, 3.8) is 0 Å². The van der Waals surface area contributed by atoms with Gasteiger partial charge in [-0.25, -0.2) is 14.2 Å². The van der Waals surface area contributed by atoms with E-state index in [1.807, 2.05) is 0 Å². The van der Waals surface area contributed by atoms with Gasteiger partial charge in [0.1, 0.15) is 5.82 Å². The molecule has 6 heteroatoms. The van der Waals surface area contributed by atoms with Crippen molar-refractivity contribution in [1.29, 1.82) is 0 Å². The third-order valence-electron chi connectivity index (χ3n) is 11.9. The Morgan fingerprint density at radius 3 is 2.65 bits per heavy atom. The molecular formula is C31H42FNO4. The van der Waals surface area contributed by atoms with Gasteiger partial charge in [0.25, 0.3) is 0 Å². The zero-order valence-corrected chi connectivity index (χ0v) is 22.5. The maximum Gasteiger partial charge on any atom is 0.346 e. The van der Waals surface area contributed by atoms with Gasteiger partial charge in [0.15, 0.2) is 5.89 Å². The Hall–Kier alpha value is -1.79. The van der Waals surface area contributed by atoms with E-state index in [2.05, 4.69) is 25.8 Å². The van der Waals surface area contributed by atoms with Crippen LogP contribution in [0.4, 0.5) is 4.39 Å². The second-order valence-electron chi connectivity index (χ2n) is 13.5. The van der Waals surface area contributed by atoms with E-state index in [9.17, 15) is 19.4 Å².